The van der Waals surface area contributed by atoms with E-state index in [9.17, 15) is 17.6 Å². The van der Waals surface area contributed by atoms with Crippen molar-refractivity contribution in [2.24, 2.45) is 5.92 Å². The monoisotopic (exact) mass is 431 g/mol. The molecule has 0 aliphatic carbocycles. The van der Waals surface area contributed by atoms with Gasteiger partial charge in [0.05, 0.1) is 4.90 Å². The first kappa shape index (κ1) is 20.8. The second-order valence-corrected chi connectivity index (χ2v) is 9.80. The summed E-state index contributed by atoms with van der Waals surface area (Å²) in [5.74, 6) is -0.788. The van der Waals surface area contributed by atoms with Gasteiger partial charge in [-0.1, -0.05) is 0 Å². The van der Waals surface area contributed by atoms with Gasteiger partial charge in [-0.25, -0.2) is 12.8 Å². The average molecular weight is 432 g/mol. The molecule has 2 aromatic rings. The van der Waals surface area contributed by atoms with Crippen LogP contribution in [0.4, 0.5) is 15.8 Å². The number of rotatable bonds is 5. The summed E-state index contributed by atoms with van der Waals surface area (Å²) in [6.07, 6.45) is 3.35. The molecule has 2 aliphatic heterocycles. The lowest BCUT2D eigenvalue weighted by atomic mass is 9.97. The molecule has 2 aliphatic rings. The van der Waals surface area contributed by atoms with E-state index in [1.807, 2.05) is 24.3 Å². The van der Waals surface area contributed by atoms with Gasteiger partial charge in [0, 0.05) is 43.5 Å². The molecule has 1 N–H and O–H groups in total. The molecule has 0 saturated carbocycles. The number of sulfonamides is 1. The molecular formula is C22H26FN3O3S. The molecule has 30 heavy (non-hydrogen) atoms. The van der Waals surface area contributed by atoms with Crippen LogP contribution < -0.4 is 10.2 Å². The van der Waals surface area contributed by atoms with Crippen LogP contribution in [0.3, 0.4) is 0 Å². The number of halogens is 1. The molecule has 6 nitrogen and oxygen atoms in total. The SMILES string of the molecule is O=C(Nc1ccc(N2CCCC2)cc1)C1CCN(S(=O)(=O)c2ccc(F)cc2)CC1. The Balaban J connectivity index is 1.32. The quantitative estimate of drug-likeness (QED) is 0.787. The van der Waals surface area contributed by atoms with Crippen LogP contribution in [-0.4, -0.2) is 44.8 Å². The van der Waals surface area contributed by atoms with Crippen molar-refractivity contribution < 1.29 is 17.6 Å². The van der Waals surface area contributed by atoms with Gasteiger partial charge in [0.1, 0.15) is 5.82 Å². The number of piperidine rings is 1. The number of nitrogens with zero attached hydrogens (tertiary/aromatic N) is 2. The summed E-state index contributed by atoms with van der Waals surface area (Å²) in [5.41, 5.74) is 1.93. The number of amides is 1. The number of anilines is 2. The van der Waals surface area contributed by atoms with E-state index < -0.39 is 15.8 Å². The Hall–Kier alpha value is -2.45. The standard InChI is InChI=1S/C22H26FN3O3S/c23-18-3-9-21(10-4-18)30(28,29)26-15-11-17(12-16-26)22(27)24-19-5-7-20(8-6-19)25-13-1-2-14-25/h3-10,17H,1-2,11-16H2,(H,24,27). The predicted octanol–water partition coefficient (Wildman–Crippen LogP) is 3.47. The minimum atomic E-state index is -3.67. The van der Waals surface area contributed by atoms with Gasteiger partial charge >= 0.3 is 0 Å². The molecule has 0 spiro atoms. The van der Waals surface area contributed by atoms with E-state index in [1.54, 1.807) is 0 Å². The lowest BCUT2D eigenvalue weighted by Gasteiger charge is -2.30. The molecule has 0 bridgehead atoms. The maximum absolute atomic E-state index is 13.1. The first-order valence-electron chi connectivity index (χ1n) is 10.3. The molecule has 0 radical (unpaired) electrons. The Bertz CT molecular complexity index is 979. The van der Waals surface area contributed by atoms with Crippen molar-refractivity contribution in [3.63, 3.8) is 0 Å². The van der Waals surface area contributed by atoms with Gasteiger partial charge < -0.3 is 10.2 Å². The molecule has 2 fully saturated rings. The number of carbonyl (C=O) groups is 1. The van der Waals surface area contributed by atoms with Crippen molar-refractivity contribution in [3.8, 4) is 0 Å². The molecule has 160 valence electrons. The summed E-state index contributed by atoms with van der Waals surface area (Å²) in [6.45, 7) is 2.69. The van der Waals surface area contributed by atoms with Gasteiger partial charge in [-0.15, -0.1) is 0 Å². The van der Waals surface area contributed by atoms with Crippen molar-refractivity contribution in [3.05, 3.63) is 54.3 Å². The number of carbonyl (C=O) groups excluding carboxylic acids is 1. The molecule has 2 aromatic carbocycles. The third kappa shape index (κ3) is 4.49. The lowest BCUT2D eigenvalue weighted by Crippen LogP contribution is -2.41. The van der Waals surface area contributed by atoms with E-state index in [4.69, 9.17) is 0 Å². The summed E-state index contributed by atoms with van der Waals surface area (Å²) in [6, 6.07) is 12.7. The van der Waals surface area contributed by atoms with E-state index in [0.29, 0.717) is 12.8 Å². The Labute approximate surface area is 176 Å². The number of hydrogen-bond acceptors (Lipinski definition) is 4. The van der Waals surface area contributed by atoms with Crippen LogP contribution in [0.15, 0.2) is 53.4 Å². The Kier molecular flexibility index (Phi) is 6.06. The minimum absolute atomic E-state index is 0.0740. The van der Waals surface area contributed by atoms with Gasteiger partial charge in [0.15, 0.2) is 0 Å². The van der Waals surface area contributed by atoms with E-state index in [1.165, 1.54) is 35.0 Å². The molecular weight excluding hydrogens is 405 g/mol. The highest BCUT2D eigenvalue weighted by Gasteiger charge is 2.32. The summed E-state index contributed by atoms with van der Waals surface area (Å²) < 4.78 is 39.9. The Morgan fingerprint density at radius 3 is 2.10 bits per heavy atom. The molecule has 0 aromatic heterocycles. The number of benzene rings is 2. The third-order valence-corrected chi connectivity index (χ3v) is 7.80. The fourth-order valence-electron chi connectivity index (χ4n) is 4.09. The van der Waals surface area contributed by atoms with Crippen LogP contribution >= 0.6 is 0 Å². The molecule has 1 amide bonds. The summed E-state index contributed by atoms with van der Waals surface area (Å²) in [5, 5.41) is 2.95. The summed E-state index contributed by atoms with van der Waals surface area (Å²) in [4.78, 5) is 15.1. The highest BCUT2D eigenvalue weighted by atomic mass is 32.2. The molecule has 8 heteroatoms. The normalized spacial score (nSPS) is 18.5. The van der Waals surface area contributed by atoms with Crippen molar-refractivity contribution in [2.75, 3.05) is 36.4 Å². The second-order valence-electron chi connectivity index (χ2n) is 7.86. The first-order chi connectivity index (χ1) is 14.4. The fraction of sp³-hybridized carbons (Fsp3) is 0.409. The van der Waals surface area contributed by atoms with E-state index >= 15 is 0 Å². The molecule has 4 rings (SSSR count). The van der Waals surface area contributed by atoms with Crippen LogP contribution in [-0.2, 0) is 14.8 Å². The van der Waals surface area contributed by atoms with E-state index in [-0.39, 0.29) is 29.8 Å². The van der Waals surface area contributed by atoms with Crippen LogP contribution in [0, 0.1) is 11.7 Å². The third-order valence-electron chi connectivity index (χ3n) is 5.88. The maximum atomic E-state index is 13.1. The maximum Gasteiger partial charge on any atom is 0.243 e. The van der Waals surface area contributed by atoms with Gasteiger partial charge in [0.25, 0.3) is 0 Å². The lowest BCUT2D eigenvalue weighted by molar-refractivity contribution is -0.120. The zero-order chi connectivity index (χ0) is 21.1. The van der Waals surface area contributed by atoms with Gasteiger partial charge in [0.2, 0.25) is 15.9 Å². The molecule has 2 heterocycles. The summed E-state index contributed by atoms with van der Waals surface area (Å²) >= 11 is 0. The van der Waals surface area contributed by atoms with Crippen LogP contribution in [0.5, 0.6) is 0 Å². The minimum Gasteiger partial charge on any atom is -0.372 e. The topological polar surface area (TPSA) is 69.7 Å². The van der Waals surface area contributed by atoms with E-state index in [2.05, 4.69) is 10.2 Å². The van der Waals surface area contributed by atoms with Crippen molar-refractivity contribution >= 4 is 27.3 Å². The highest BCUT2D eigenvalue weighted by Crippen LogP contribution is 2.26. The second kappa shape index (κ2) is 8.73. The zero-order valence-corrected chi connectivity index (χ0v) is 17.6. The Morgan fingerprint density at radius 1 is 0.900 bits per heavy atom. The van der Waals surface area contributed by atoms with Gasteiger partial charge in [-0.05, 0) is 74.2 Å². The first-order valence-corrected chi connectivity index (χ1v) is 11.8. The molecule has 0 unspecified atom stereocenters. The van der Waals surface area contributed by atoms with Crippen LogP contribution in [0.25, 0.3) is 0 Å². The highest BCUT2D eigenvalue weighted by molar-refractivity contribution is 7.89. The average Bonchev–Trinajstić information content (AvgIpc) is 3.30. The zero-order valence-electron chi connectivity index (χ0n) is 16.8. The van der Waals surface area contributed by atoms with Crippen molar-refractivity contribution in [2.45, 2.75) is 30.6 Å². The Morgan fingerprint density at radius 2 is 1.50 bits per heavy atom. The molecule has 2 saturated heterocycles. The van der Waals surface area contributed by atoms with Gasteiger partial charge in [-0.3, -0.25) is 4.79 Å². The van der Waals surface area contributed by atoms with Crippen LogP contribution in [0.2, 0.25) is 0 Å². The van der Waals surface area contributed by atoms with Crippen LogP contribution in [0.1, 0.15) is 25.7 Å². The smallest absolute Gasteiger partial charge is 0.243 e. The summed E-state index contributed by atoms with van der Waals surface area (Å²) in [7, 11) is -3.67. The number of hydrogen-bond donors (Lipinski definition) is 1. The predicted molar refractivity (Wildman–Crippen MR) is 114 cm³/mol. The van der Waals surface area contributed by atoms with Gasteiger partial charge in [-0.2, -0.15) is 4.31 Å². The molecule has 0 atom stereocenters. The number of nitrogens with one attached hydrogen (secondary N) is 1. The largest absolute Gasteiger partial charge is 0.372 e. The van der Waals surface area contributed by atoms with Crippen molar-refractivity contribution in [1.29, 1.82) is 0 Å². The van der Waals surface area contributed by atoms with Crippen molar-refractivity contribution in [1.82, 2.24) is 4.31 Å². The van der Waals surface area contributed by atoms with E-state index in [0.717, 1.165) is 30.9 Å². The fourth-order valence-corrected chi connectivity index (χ4v) is 5.56.